The summed E-state index contributed by atoms with van der Waals surface area (Å²) >= 11 is 5.91. The zero-order valence-corrected chi connectivity index (χ0v) is 13.5. The van der Waals surface area contributed by atoms with Gasteiger partial charge in [-0.25, -0.2) is 0 Å². The highest BCUT2D eigenvalue weighted by atomic mass is 35.5. The van der Waals surface area contributed by atoms with Crippen LogP contribution in [-0.4, -0.2) is 15.2 Å². The number of nitrogens with zero attached hydrogens (tertiary/aromatic N) is 2. The predicted molar refractivity (Wildman–Crippen MR) is 99.7 cm³/mol. The number of benzene rings is 2. The monoisotopic (exact) mass is 331 g/mol. The summed E-state index contributed by atoms with van der Waals surface area (Å²) in [4.78, 5) is 4.06. The fourth-order valence-corrected chi connectivity index (χ4v) is 2.77. The van der Waals surface area contributed by atoms with Crippen molar-refractivity contribution in [3.63, 3.8) is 0 Å². The summed E-state index contributed by atoms with van der Waals surface area (Å²) in [5, 5.41) is 9.35. The Morgan fingerprint density at radius 1 is 0.833 bits per heavy atom. The highest BCUT2D eigenvalue weighted by Crippen LogP contribution is 2.25. The third kappa shape index (κ3) is 2.94. The fourth-order valence-electron chi connectivity index (χ4n) is 2.64. The SMILES string of the molecule is Clc1ccc(C=Cc2n[nH]c3cc(-c4ccncc4)ccc23)cc1. The lowest BCUT2D eigenvalue weighted by Gasteiger charge is -2.01. The zero-order valence-electron chi connectivity index (χ0n) is 12.8. The van der Waals surface area contributed by atoms with E-state index in [9.17, 15) is 0 Å². The number of aromatic amines is 1. The van der Waals surface area contributed by atoms with Crippen molar-refractivity contribution in [1.29, 1.82) is 0 Å². The molecule has 4 heteroatoms. The minimum absolute atomic E-state index is 0.737. The summed E-state index contributed by atoms with van der Waals surface area (Å²) in [6.45, 7) is 0. The number of H-pyrrole nitrogens is 1. The highest BCUT2D eigenvalue weighted by Gasteiger charge is 2.05. The van der Waals surface area contributed by atoms with Crippen molar-refractivity contribution in [2.45, 2.75) is 0 Å². The predicted octanol–water partition coefficient (Wildman–Crippen LogP) is 5.45. The topological polar surface area (TPSA) is 41.6 Å². The van der Waals surface area contributed by atoms with Crippen LogP contribution < -0.4 is 0 Å². The molecule has 4 aromatic rings. The molecule has 0 radical (unpaired) electrons. The average Bonchev–Trinajstić information content (AvgIpc) is 3.04. The first-order valence-corrected chi connectivity index (χ1v) is 7.99. The molecule has 2 heterocycles. The molecule has 0 saturated heterocycles. The molecule has 4 rings (SSSR count). The van der Waals surface area contributed by atoms with Crippen LogP contribution in [0, 0.1) is 0 Å². The number of nitrogens with one attached hydrogen (secondary N) is 1. The van der Waals surface area contributed by atoms with Crippen LogP contribution in [0.5, 0.6) is 0 Å². The van der Waals surface area contributed by atoms with E-state index in [0.717, 1.165) is 38.3 Å². The van der Waals surface area contributed by atoms with Crippen LogP contribution in [0.15, 0.2) is 67.0 Å². The van der Waals surface area contributed by atoms with E-state index in [0.29, 0.717) is 0 Å². The molecule has 24 heavy (non-hydrogen) atoms. The van der Waals surface area contributed by atoms with E-state index in [4.69, 9.17) is 11.6 Å². The molecule has 0 aliphatic carbocycles. The molecule has 116 valence electrons. The number of halogens is 1. The maximum absolute atomic E-state index is 5.91. The van der Waals surface area contributed by atoms with Gasteiger partial charge < -0.3 is 0 Å². The van der Waals surface area contributed by atoms with Crippen molar-refractivity contribution in [3.8, 4) is 11.1 Å². The largest absolute Gasteiger partial charge is 0.277 e. The minimum atomic E-state index is 0.737. The summed E-state index contributed by atoms with van der Waals surface area (Å²) in [5.41, 5.74) is 5.30. The van der Waals surface area contributed by atoms with Gasteiger partial charge in [0.05, 0.1) is 11.2 Å². The standard InChI is InChI=1S/C20H14ClN3/c21-17-5-1-14(2-6-17)3-8-19-18-7-4-16(13-20(18)24-23-19)15-9-11-22-12-10-15/h1-13H,(H,23,24). The first-order chi connectivity index (χ1) is 11.8. The fraction of sp³-hybridized carbons (Fsp3) is 0. The molecule has 0 unspecified atom stereocenters. The van der Waals surface area contributed by atoms with E-state index in [1.165, 1.54) is 0 Å². The first kappa shape index (κ1) is 14.7. The van der Waals surface area contributed by atoms with E-state index in [2.05, 4.69) is 33.4 Å². The van der Waals surface area contributed by atoms with Crippen molar-refractivity contribution in [3.05, 3.63) is 83.3 Å². The number of aromatic nitrogens is 3. The van der Waals surface area contributed by atoms with Crippen molar-refractivity contribution in [1.82, 2.24) is 15.2 Å². The molecule has 0 aliphatic rings. The maximum atomic E-state index is 5.91. The summed E-state index contributed by atoms with van der Waals surface area (Å²) in [5.74, 6) is 0. The van der Waals surface area contributed by atoms with Gasteiger partial charge in [-0.3, -0.25) is 10.1 Å². The maximum Gasteiger partial charge on any atom is 0.0927 e. The number of hydrogen-bond acceptors (Lipinski definition) is 2. The van der Waals surface area contributed by atoms with Gasteiger partial charge in [0.2, 0.25) is 0 Å². The normalized spacial score (nSPS) is 11.4. The van der Waals surface area contributed by atoms with Gasteiger partial charge in [0.15, 0.2) is 0 Å². The van der Waals surface area contributed by atoms with E-state index in [-0.39, 0.29) is 0 Å². The number of hydrogen-bond donors (Lipinski definition) is 1. The van der Waals surface area contributed by atoms with Crippen LogP contribution in [-0.2, 0) is 0 Å². The van der Waals surface area contributed by atoms with Crippen LogP contribution in [0.2, 0.25) is 5.02 Å². The molecule has 0 fully saturated rings. The molecule has 0 spiro atoms. The molecular weight excluding hydrogens is 318 g/mol. The molecule has 0 aliphatic heterocycles. The quantitative estimate of drug-likeness (QED) is 0.542. The van der Waals surface area contributed by atoms with Crippen molar-refractivity contribution in [2.75, 3.05) is 0 Å². The van der Waals surface area contributed by atoms with Gasteiger partial charge in [-0.2, -0.15) is 5.10 Å². The van der Waals surface area contributed by atoms with Crippen LogP contribution in [0.25, 0.3) is 34.2 Å². The Morgan fingerprint density at radius 3 is 2.42 bits per heavy atom. The van der Waals surface area contributed by atoms with Gasteiger partial charge in [0.1, 0.15) is 0 Å². The summed E-state index contributed by atoms with van der Waals surface area (Å²) < 4.78 is 0. The second-order valence-corrected chi connectivity index (χ2v) is 5.93. The second-order valence-electron chi connectivity index (χ2n) is 5.49. The Bertz CT molecular complexity index is 1000. The smallest absolute Gasteiger partial charge is 0.0927 e. The van der Waals surface area contributed by atoms with Gasteiger partial charge in [-0.1, -0.05) is 35.9 Å². The number of rotatable bonds is 3. The summed E-state index contributed by atoms with van der Waals surface area (Å²) in [7, 11) is 0. The Hall–Kier alpha value is -2.91. The average molecular weight is 332 g/mol. The number of pyridine rings is 1. The van der Waals surface area contributed by atoms with Crippen molar-refractivity contribution >= 4 is 34.7 Å². The molecular formula is C20H14ClN3. The summed E-state index contributed by atoms with van der Waals surface area (Å²) in [6.07, 6.45) is 7.64. The van der Waals surface area contributed by atoms with Gasteiger partial charge in [-0.15, -0.1) is 0 Å². The Kier molecular flexibility index (Phi) is 3.85. The lowest BCUT2D eigenvalue weighted by Crippen LogP contribution is -1.79. The first-order valence-electron chi connectivity index (χ1n) is 7.62. The zero-order chi connectivity index (χ0) is 16.4. The second kappa shape index (κ2) is 6.30. The van der Waals surface area contributed by atoms with Crippen LogP contribution in [0.1, 0.15) is 11.3 Å². The third-order valence-electron chi connectivity index (χ3n) is 3.91. The van der Waals surface area contributed by atoms with Crippen LogP contribution in [0.4, 0.5) is 0 Å². The van der Waals surface area contributed by atoms with Gasteiger partial charge in [-0.05, 0) is 59.2 Å². The van der Waals surface area contributed by atoms with E-state index in [1.807, 2.05) is 48.6 Å². The molecule has 0 amide bonds. The molecule has 1 N–H and O–H groups in total. The molecule has 2 aromatic carbocycles. The molecule has 0 bridgehead atoms. The van der Waals surface area contributed by atoms with Crippen molar-refractivity contribution in [2.24, 2.45) is 0 Å². The Labute approximate surface area is 144 Å². The van der Waals surface area contributed by atoms with Gasteiger partial charge in [0.25, 0.3) is 0 Å². The van der Waals surface area contributed by atoms with Crippen LogP contribution in [0.3, 0.4) is 0 Å². The van der Waals surface area contributed by atoms with E-state index < -0.39 is 0 Å². The van der Waals surface area contributed by atoms with E-state index >= 15 is 0 Å². The lowest BCUT2D eigenvalue weighted by atomic mass is 10.0. The Balaban J connectivity index is 1.67. The lowest BCUT2D eigenvalue weighted by molar-refractivity contribution is 1.11. The van der Waals surface area contributed by atoms with E-state index in [1.54, 1.807) is 12.4 Å². The van der Waals surface area contributed by atoms with Crippen LogP contribution >= 0.6 is 11.6 Å². The molecule has 2 aromatic heterocycles. The Morgan fingerprint density at radius 2 is 1.62 bits per heavy atom. The van der Waals surface area contributed by atoms with Gasteiger partial charge in [0, 0.05) is 22.8 Å². The molecule has 0 saturated carbocycles. The molecule has 0 atom stereocenters. The highest BCUT2D eigenvalue weighted by molar-refractivity contribution is 6.30. The molecule has 3 nitrogen and oxygen atoms in total. The third-order valence-corrected chi connectivity index (χ3v) is 4.16. The summed E-state index contributed by atoms with van der Waals surface area (Å²) in [6, 6.07) is 18.0. The minimum Gasteiger partial charge on any atom is -0.277 e. The van der Waals surface area contributed by atoms with Crippen molar-refractivity contribution < 1.29 is 0 Å². The number of fused-ring (bicyclic) bond motifs is 1. The van der Waals surface area contributed by atoms with Gasteiger partial charge >= 0.3 is 0 Å².